The van der Waals surface area contributed by atoms with Crippen molar-refractivity contribution in [1.29, 1.82) is 0 Å². The van der Waals surface area contributed by atoms with Gasteiger partial charge in [-0.25, -0.2) is 0 Å². The van der Waals surface area contributed by atoms with Gasteiger partial charge in [0.1, 0.15) is 18.3 Å². The van der Waals surface area contributed by atoms with Gasteiger partial charge in [0, 0.05) is 48.3 Å². The molecule has 0 aromatic carbocycles. The Hall–Kier alpha value is -2.56. The molecule has 0 bridgehead atoms. The van der Waals surface area contributed by atoms with E-state index in [4.69, 9.17) is 19.9 Å². The maximum Gasteiger partial charge on any atom is 0.320 e. The molecule has 8 atom stereocenters. The molecule has 10 nitrogen and oxygen atoms in total. The molecule has 0 saturated heterocycles. The largest absolute Gasteiger partial charge is 0.461 e. The molecule has 10 heteroatoms. The SMILES string of the molecule is CCCC(=O)OCC1=C[C@H]2[C@@H]3C(C)(C)[C@]3(OC(=O)CN)[C@H](OC(=O)CCC)[C@@H](C)[C@]2(O)[C@@H]2C=C(C)C(=O)[C@@]2(O)C1. The van der Waals surface area contributed by atoms with E-state index in [1.165, 1.54) is 0 Å². The minimum Gasteiger partial charge on any atom is -0.461 e. The van der Waals surface area contributed by atoms with Gasteiger partial charge in [-0.3, -0.25) is 19.2 Å². The Kier molecular flexibility index (Phi) is 7.88. The van der Waals surface area contributed by atoms with Gasteiger partial charge in [0.15, 0.2) is 11.4 Å². The van der Waals surface area contributed by atoms with Gasteiger partial charge in [0.05, 0.1) is 12.1 Å². The highest BCUT2D eigenvalue weighted by atomic mass is 16.6. The average Bonchev–Trinajstić information content (AvgIpc) is 3.31. The summed E-state index contributed by atoms with van der Waals surface area (Å²) < 4.78 is 17.5. The van der Waals surface area contributed by atoms with Crippen LogP contribution in [0.15, 0.2) is 23.3 Å². The van der Waals surface area contributed by atoms with E-state index < -0.39 is 75.7 Å². The first-order valence-corrected chi connectivity index (χ1v) is 14.3. The lowest BCUT2D eigenvalue weighted by Gasteiger charge is -2.53. The van der Waals surface area contributed by atoms with E-state index in [9.17, 15) is 29.4 Å². The van der Waals surface area contributed by atoms with Crippen molar-refractivity contribution in [3.63, 3.8) is 0 Å². The molecule has 2 fully saturated rings. The second kappa shape index (κ2) is 10.4. The normalized spacial score (nSPS) is 39.0. The van der Waals surface area contributed by atoms with Gasteiger partial charge in [0.2, 0.25) is 0 Å². The van der Waals surface area contributed by atoms with Gasteiger partial charge < -0.3 is 30.2 Å². The van der Waals surface area contributed by atoms with Gasteiger partial charge in [-0.15, -0.1) is 0 Å². The summed E-state index contributed by atoms with van der Waals surface area (Å²) in [7, 11) is 0. The van der Waals surface area contributed by atoms with Gasteiger partial charge in [-0.1, -0.05) is 46.8 Å². The smallest absolute Gasteiger partial charge is 0.320 e. The van der Waals surface area contributed by atoms with Gasteiger partial charge in [0.25, 0.3) is 0 Å². The number of Topliss-reactive ketones (excluding diaryl/α,β-unsaturated/α-hetero) is 1. The van der Waals surface area contributed by atoms with Gasteiger partial charge in [-0.2, -0.15) is 0 Å². The molecule has 0 aliphatic heterocycles. The number of aliphatic hydroxyl groups is 2. The molecule has 4 rings (SSSR count). The van der Waals surface area contributed by atoms with Crippen molar-refractivity contribution < 1.29 is 43.6 Å². The first-order chi connectivity index (χ1) is 18.7. The van der Waals surface area contributed by atoms with E-state index in [-0.39, 0.29) is 32.4 Å². The number of carbonyl (C=O) groups is 4. The predicted octanol–water partition coefficient (Wildman–Crippen LogP) is 2.14. The summed E-state index contributed by atoms with van der Waals surface area (Å²) in [5, 5.41) is 24.7. The summed E-state index contributed by atoms with van der Waals surface area (Å²) in [5.41, 5.74) is 0.601. The summed E-state index contributed by atoms with van der Waals surface area (Å²) in [5.74, 6) is -5.28. The van der Waals surface area contributed by atoms with Crippen LogP contribution in [0.5, 0.6) is 0 Å². The monoisotopic (exact) mass is 561 g/mol. The zero-order chi connectivity index (χ0) is 29.8. The second-order valence-electron chi connectivity index (χ2n) is 12.5. The van der Waals surface area contributed by atoms with Crippen LogP contribution >= 0.6 is 0 Å². The van der Waals surface area contributed by atoms with Gasteiger partial charge in [-0.05, 0) is 30.9 Å². The lowest BCUT2D eigenvalue weighted by atomic mass is 9.59. The molecule has 0 aromatic heterocycles. The lowest BCUT2D eigenvalue weighted by molar-refractivity contribution is -0.228. The fourth-order valence-electron chi connectivity index (χ4n) is 7.90. The molecule has 0 heterocycles. The molecule has 4 N–H and O–H groups in total. The molecule has 4 aliphatic rings. The van der Waals surface area contributed by atoms with Crippen LogP contribution in [-0.2, 0) is 33.4 Å². The number of hydrogen-bond acceptors (Lipinski definition) is 10. The van der Waals surface area contributed by atoms with Crippen LogP contribution in [-0.4, -0.2) is 70.0 Å². The molecule has 0 spiro atoms. The van der Waals surface area contributed by atoms with Crippen LogP contribution in [0.3, 0.4) is 0 Å². The molecule has 2 saturated carbocycles. The zero-order valence-corrected chi connectivity index (χ0v) is 24.3. The van der Waals surface area contributed by atoms with Crippen molar-refractivity contribution >= 4 is 23.7 Å². The third-order valence-corrected chi connectivity index (χ3v) is 9.79. The highest BCUT2D eigenvalue weighted by Gasteiger charge is 2.87. The Morgan fingerprint density at radius 1 is 1.05 bits per heavy atom. The lowest BCUT2D eigenvalue weighted by Crippen LogP contribution is -2.66. The van der Waals surface area contributed by atoms with Crippen molar-refractivity contribution in [2.24, 2.45) is 34.8 Å². The number of ketones is 1. The molecule has 4 aliphatic carbocycles. The zero-order valence-electron chi connectivity index (χ0n) is 24.3. The number of rotatable bonds is 9. The van der Waals surface area contributed by atoms with Crippen LogP contribution < -0.4 is 5.73 Å². The maximum atomic E-state index is 13.4. The maximum absolute atomic E-state index is 13.4. The van der Waals surface area contributed by atoms with Crippen molar-refractivity contribution in [2.45, 2.75) is 96.6 Å². The molecule has 222 valence electrons. The summed E-state index contributed by atoms with van der Waals surface area (Å²) in [4.78, 5) is 51.2. The topological polar surface area (TPSA) is 162 Å². The molecule has 0 radical (unpaired) electrons. The summed E-state index contributed by atoms with van der Waals surface area (Å²) in [6.07, 6.45) is 3.68. The minimum atomic E-state index is -1.99. The second-order valence-corrected chi connectivity index (χ2v) is 12.5. The fraction of sp³-hybridized carbons (Fsp3) is 0.733. The fourth-order valence-corrected chi connectivity index (χ4v) is 7.90. The summed E-state index contributed by atoms with van der Waals surface area (Å²) in [6.45, 7) is 10.2. The predicted molar refractivity (Wildman–Crippen MR) is 143 cm³/mol. The quantitative estimate of drug-likeness (QED) is 0.216. The van der Waals surface area contributed by atoms with E-state index in [1.54, 1.807) is 26.0 Å². The Morgan fingerprint density at radius 3 is 2.27 bits per heavy atom. The van der Waals surface area contributed by atoms with Crippen LogP contribution in [0.2, 0.25) is 0 Å². The van der Waals surface area contributed by atoms with Crippen molar-refractivity contribution in [3.8, 4) is 0 Å². The van der Waals surface area contributed by atoms with Crippen LogP contribution in [0.25, 0.3) is 0 Å². The first-order valence-electron chi connectivity index (χ1n) is 14.3. The number of nitrogens with two attached hydrogens (primary N) is 1. The third-order valence-electron chi connectivity index (χ3n) is 9.79. The molecule has 40 heavy (non-hydrogen) atoms. The third kappa shape index (κ3) is 4.25. The molecule has 0 aromatic rings. The van der Waals surface area contributed by atoms with Crippen LogP contribution in [0, 0.1) is 29.1 Å². The Bertz CT molecular complexity index is 1160. The molecular formula is C30H43NO9. The minimum absolute atomic E-state index is 0.134. The van der Waals surface area contributed by atoms with E-state index in [0.29, 0.717) is 24.0 Å². The summed E-state index contributed by atoms with van der Waals surface area (Å²) >= 11 is 0. The molecular weight excluding hydrogens is 518 g/mol. The van der Waals surface area contributed by atoms with E-state index in [1.807, 2.05) is 27.7 Å². The Morgan fingerprint density at radius 2 is 1.68 bits per heavy atom. The number of esters is 3. The number of fused-ring (bicyclic) bond motifs is 5. The highest BCUT2D eigenvalue weighted by molar-refractivity contribution is 6.04. The van der Waals surface area contributed by atoms with E-state index >= 15 is 0 Å². The highest BCUT2D eigenvalue weighted by Crippen LogP contribution is 2.77. The average molecular weight is 562 g/mol. The van der Waals surface area contributed by atoms with Gasteiger partial charge >= 0.3 is 17.9 Å². The Labute approximate surface area is 235 Å². The molecule has 0 unspecified atom stereocenters. The summed E-state index contributed by atoms with van der Waals surface area (Å²) in [6, 6.07) is 0. The number of carbonyl (C=O) groups excluding carboxylic acids is 4. The number of hydrogen-bond donors (Lipinski definition) is 3. The Balaban J connectivity index is 1.89. The standard InChI is InChI=1S/C30H43NO9/c1-7-9-21(32)38-15-18-12-19-24-27(5,6)30(24,40-23(34)14-31)26(39-22(33)10-8-2)17(4)29(19,37)20-11-16(3)25(35)28(20,36)13-18/h11-12,17,19-20,24,26,36-37H,7-10,13-15,31H2,1-6H3/t17-,19+,20-,24-,26-,28-,29-,30-/m1/s1. The number of ether oxygens (including phenoxy) is 3. The van der Waals surface area contributed by atoms with E-state index in [2.05, 4.69) is 0 Å². The molecule has 0 amide bonds. The van der Waals surface area contributed by atoms with Crippen LogP contribution in [0.4, 0.5) is 0 Å². The van der Waals surface area contributed by atoms with Crippen molar-refractivity contribution in [2.75, 3.05) is 13.2 Å². The van der Waals surface area contributed by atoms with Crippen LogP contribution in [0.1, 0.15) is 73.6 Å². The van der Waals surface area contributed by atoms with Crippen molar-refractivity contribution in [3.05, 3.63) is 23.3 Å². The van der Waals surface area contributed by atoms with Crippen molar-refractivity contribution in [1.82, 2.24) is 0 Å². The van der Waals surface area contributed by atoms with E-state index in [0.717, 1.165) is 0 Å². The first kappa shape index (κ1) is 30.4.